The van der Waals surface area contributed by atoms with Crippen LogP contribution in [-0.2, 0) is 17.1 Å². The van der Waals surface area contributed by atoms with Crippen molar-refractivity contribution in [3.8, 4) is 0 Å². The topological polar surface area (TPSA) is 0 Å². The molecule has 0 nitrogen and oxygen atoms in total. The third-order valence-corrected chi connectivity index (χ3v) is 3.67. The molecule has 28 valence electrons. The summed E-state index contributed by atoms with van der Waals surface area (Å²) in [5.74, 6) is 0. The van der Waals surface area contributed by atoms with E-state index in [9.17, 15) is 0 Å². The SMILES string of the molecule is C[CH2][9Zn][CH2]C. The minimum absolute atomic E-state index is 0.0972. The molecule has 0 aromatic heterocycles. The summed E-state index contributed by atoms with van der Waals surface area (Å²) in [6, 6.07) is 0. The van der Waals surface area contributed by atoms with Crippen LogP contribution in [0.5, 0.6) is 0 Å². The zero-order valence-electron chi connectivity index (χ0n) is 4.12. The average molecular weight is 67.1 g/mol. The second kappa shape index (κ2) is 4.62. The van der Waals surface area contributed by atoms with Crippen molar-refractivity contribution in [3.05, 3.63) is 0 Å². The van der Waals surface area contributed by atoms with Gasteiger partial charge in [0, 0.05) is 0 Å². The van der Waals surface area contributed by atoms with E-state index in [2.05, 4.69) is 13.8 Å². The van der Waals surface area contributed by atoms with E-state index in [1.165, 1.54) is 10.0 Å². The molecule has 0 spiro atoms. The van der Waals surface area contributed by atoms with Crippen LogP contribution in [0, 0.1) is 0 Å². The van der Waals surface area contributed by atoms with Gasteiger partial charge in [0.15, 0.2) is 0 Å². The molecule has 0 unspecified atom stereocenters. The molecule has 0 fully saturated rings. The Bertz CT molecular complexity index is 11.1. The van der Waals surface area contributed by atoms with Gasteiger partial charge in [-0.2, -0.15) is 0 Å². The van der Waals surface area contributed by atoms with Gasteiger partial charge < -0.3 is 0 Å². The van der Waals surface area contributed by atoms with Crippen LogP contribution in [0.3, 0.4) is 0 Å². The van der Waals surface area contributed by atoms with E-state index in [1.54, 1.807) is 0 Å². The standard InChI is InChI=1S/2C2H5.Zn/c2*1-2;/h2*1H2,2H3;/i;;1-56. The Morgan fingerprint density at radius 3 is 1.60 bits per heavy atom. The average Bonchev–Trinajstić information content (AvgIpc) is 1.41. The zero-order chi connectivity index (χ0) is 4.12. The molecule has 0 saturated carbocycles. The first kappa shape index (κ1) is 5.62. The molecule has 0 aliphatic heterocycles. The summed E-state index contributed by atoms with van der Waals surface area (Å²) in [5.41, 5.74) is 0. The predicted molar refractivity (Wildman–Crippen MR) is 21.0 cm³/mol. The van der Waals surface area contributed by atoms with Crippen molar-refractivity contribution >= 4 is 0 Å². The third kappa shape index (κ3) is 4.62. The normalized spacial score (nSPS) is 6.80. The number of hydrogen-bond donors (Lipinski definition) is 0. The van der Waals surface area contributed by atoms with E-state index in [1.807, 2.05) is 0 Å². The summed E-state index contributed by atoms with van der Waals surface area (Å²) in [7, 11) is 0. The molecule has 0 atom stereocenters. The molecule has 0 saturated heterocycles. The van der Waals surface area contributed by atoms with E-state index in [0.717, 1.165) is 0 Å². The Hall–Kier alpha value is 0.623. The first-order chi connectivity index (χ1) is 2.41. The number of rotatable bonds is 2. The van der Waals surface area contributed by atoms with Gasteiger partial charge in [0.25, 0.3) is 0 Å². The van der Waals surface area contributed by atoms with Gasteiger partial charge in [0.05, 0.1) is 0 Å². The Morgan fingerprint density at radius 1 is 1.20 bits per heavy atom. The van der Waals surface area contributed by atoms with Crippen molar-refractivity contribution in [1.29, 1.82) is 0 Å². The molecular formula is C4H10Zn. The van der Waals surface area contributed by atoms with Gasteiger partial charge in [-0.1, -0.05) is 0 Å². The van der Waals surface area contributed by atoms with Crippen molar-refractivity contribution < 1.29 is 17.1 Å². The van der Waals surface area contributed by atoms with Crippen LogP contribution in [0.4, 0.5) is 0 Å². The molecule has 0 aliphatic carbocycles. The van der Waals surface area contributed by atoms with Crippen LogP contribution in [0.15, 0.2) is 0 Å². The maximum atomic E-state index is 2.30. The molecule has 0 N–H and O–H groups in total. The monoisotopic (exact) mass is 67.1 g/mol. The van der Waals surface area contributed by atoms with Crippen LogP contribution in [0.2, 0.25) is 10.0 Å². The van der Waals surface area contributed by atoms with Crippen LogP contribution >= 0.6 is 0 Å². The van der Waals surface area contributed by atoms with E-state index < -0.39 is 0 Å². The summed E-state index contributed by atoms with van der Waals surface area (Å²) >= 11 is 0.0972. The summed E-state index contributed by atoms with van der Waals surface area (Å²) in [5, 5.41) is 3.06. The van der Waals surface area contributed by atoms with Gasteiger partial charge in [-0.3, -0.25) is 0 Å². The molecule has 5 heavy (non-hydrogen) atoms. The Morgan fingerprint density at radius 2 is 1.60 bits per heavy atom. The van der Waals surface area contributed by atoms with Gasteiger partial charge in [0.2, 0.25) is 0 Å². The van der Waals surface area contributed by atoms with Crippen LogP contribution < -0.4 is 0 Å². The van der Waals surface area contributed by atoms with Crippen LogP contribution in [0.25, 0.3) is 0 Å². The van der Waals surface area contributed by atoms with Crippen molar-refractivity contribution in [2.75, 3.05) is 0 Å². The third-order valence-electron chi connectivity index (χ3n) is 0.707. The van der Waals surface area contributed by atoms with E-state index in [0.29, 0.717) is 0 Å². The molecule has 1 heteroatoms. The minimum atomic E-state index is 0.0972. The van der Waals surface area contributed by atoms with Crippen molar-refractivity contribution in [2.24, 2.45) is 0 Å². The number of hydrogen-bond acceptors (Lipinski definition) is 0. The van der Waals surface area contributed by atoms with Crippen LogP contribution in [-0.4, -0.2) is 0 Å². The molecule has 0 radical (unpaired) electrons. The fourth-order valence-corrected chi connectivity index (χ4v) is 1.84. The fourth-order valence-electron chi connectivity index (χ4n) is 0.354. The molecular weight excluding hydrogens is 57.0 g/mol. The van der Waals surface area contributed by atoms with Crippen molar-refractivity contribution in [2.45, 2.75) is 23.9 Å². The van der Waals surface area contributed by atoms with Gasteiger partial charge in [-0.05, 0) is 0 Å². The van der Waals surface area contributed by atoms with Gasteiger partial charge in [0.1, 0.15) is 0 Å². The molecule has 0 aliphatic rings. The van der Waals surface area contributed by atoms with Crippen molar-refractivity contribution in [3.63, 3.8) is 0 Å². The summed E-state index contributed by atoms with van der Waals surface area (Å²) in [4.78, 5) is 0. The van der Waals surface area contributed by atoms with Gasteiger partial charge >= 0.3 is 41.0 Å². The molecule has 0 rings (SSSR count). The molecule has 0 aromatic rings. The van der Waals surface area contributed by atoms with E-state index in [-0.39, 0.29) is 17.1 Å². The predicted octanol–water partition coefficient (Wildman–Crippen LogP) is 1.95. The Labute approximate surface area is 41.6 Å². The quantitative estimate of drug-likeness (QED) is 0.433. The first-order valence-electron chi connectivity index (χ1n) is 2.41. The molecule has 0 aromatic carbocycles. The van der Waals surface area contributed by atoms with Gasteiger partial charge in [-0.15, -0.1) is 0 Å². The van der Waals surface area contributed by atoms with Crippen LogP contribution in [0.1, 0.15) is 13.8 Å². The second-order valence-corrected chi connectivity index (χ2v) is 7.03. The summed E-state index contributed by atoms with van der Waals surface area (Å²) < 4.78 is 0. The second-order valence-electron chi connectivity index (χ2n) is 1.35. The van der Waals surface area contributed by atoms with Crippen molar-refractivity contribution in [1.82, 2.24) is 0 Å². The summed E-state index contributed by atoms with van der Waals surface area (Å²) in [6.45, 7) is 4.59. The van der Waals surface area contributed by atoms with E-state index in [4.69, 9.17) is 0 Å². The molecule has 0 amide bonds. The molecule has 0 heterocycles. The van der Waals surface area contributed by atoms with Gasteiger partial charge in [-0.25, -0.2) is 0 Å². The Balaban J connectivity index is 2.19. The fraction of sp³-hybridized carbons (Fsp3) is 1.00. The zero-order valence-corrected chi connectivity index (χ0v) is 7.09. The molecule has 0 bridgehead atoms. The first-order valence-corrected chi connectivity index (χ1v) is 6.61. The van der Waals surface area contributed by atoms with E-state index >= 15 is 0 Å². The maximum absolute atomic E-state index is 2.30. The Kier molecular flexibility index (Phi) is 5.20. The summed E-state index contributed by atoms with van der Waals surface area (Å²) in [6.07, 6.45) is 0.